The lowest BCUT2D eigenvalue weighted by Gasteiger charge is -2.23. The van der Waals surface area contributed by atoms with E-state index in [1.54, 1.807) is 25.1 Å². The van der Waals surface area contributed by atoms with Crippen LogP contribution >= 0.6 is 0 Å². The summed E-state index contributed by atoms with van der Waals surface area (Å²) in [6.45, 7) is 9.68. The van der Waals surface area contributed by atoms with Crippen molar-refractivity contribution >= 4 is 5.91 Å². The molecule has 0 saturated carbocycles. The summed E-state index contributed by atoms with van der Waals surface area (Å²) in [5, 5.41) is 3.03. The molecule has 0 radical (unpaired) electrons. The third-order valence-electron chi connectivity index (χ3n) is 5.23. The van der Waals surface area contributed by atoms with E-state index in [0.717, 1.165) is 41.7 Å². The van der Waals surface area contributed by atoms with E-state index < -0.39 is 0 Å². The van der Waals surface area contributed by atoms with Gasteiger partial charge in [-0.2, -0.15) is 0 Å². The van der Waals surface area contributed by atoms with Crippen LogP contribution in [0.1, 0.15) is 37.3 Å². The summed E-state index contributed by atoms with van der Waals surface area (Å²) < 4.78 is 25.1. The second kappa shape index (κ2) is 9.20. The lowest BCUT2D eigenvalue weighted by molar-refractivity contribution is -0.118. The van der Waals surface area contributed by atoms with E-state index in [1.807, 2.05) is 13.0 Å². The van der Waals surface area contributed by atoms with Crippen molar-refractivity contribution in [3.8, 4) is 0 Å². The van der Waals surface area contributed by atoms with Crippen LogP contribution in [0.4, 0.5) is 4.39 Å². The quantitative estimate of drug-likeness (QED) is 0.591. The van der Waals surface area contributed by atoms with Gasteiger partial charge in [0.2, 0.25) is 0 Å². The van der Waals surface area contributed by atoms with Crippen molar-refractivity contribution in [2.75, 3.05) is 19.8 Å². The average molecular weight is 385 g/mol. The molecule has 2 aliphatic rings. The van der Waals surface area contributed by atoms with Gasteiger partial charge in [0.1, 0.15) is 11.6 Å². The van der Waals surface area contributed by atoms with Crippen LogP contribution in [0.3, 0.4) is 0 Å². The Kier molecular flexibility index (Phi) is 6.68. The summed E-state index contributed by atoms with van der Waals surface area (Å²) >= 11 is 0. The van der Waals surface area contributed by atoms with Crippen molar-refractivity contribution in [2.24, 2.45) is 0 Å². The minimum absolute atomic E-state index is 0.115. The molecular weight excluding hydrogens is 357 g/mol. The van der Waals surface area contributed by atoms with Gasteiger partial charge >= 0.3 is 0 Å². The number of amides is 1. The zero-order chi connectivity index (χ0) is 20.1. The molecule has 4 nitrogen and oxygen atoms in total. The Morgan fingerprint density at radius 3 is 2.68 bits per heavy atom. The fourth-order valence-electron chi connectivity index (χ4n) is 3.47. The van der Waals surface area contributed by atoms with E-state index in [-0.39, 0.29) is 17.8 Å². The lowest BCUT2D eigenvalue weighted by atomic mass is 9.98. The van der Waals surface area contributed by atoms with Gasteiger partial charge in [-0.05, 0) is 61.1 Å². The highest BCUT2D eigenvalue weighted by atomic mass is 19.1. The highest BCUT2D eigenvalue weighted by molar-refractivity contribution is 5.96. The van der Waals surface area contributed by atoms with Gasteiger partial charge in [0.05, 0.1) is 6.61 Å². The van der Waals surface area contributed by atoms with Crippen molar-refractivity contribution in [3.63, 3.8) is 0 Å². The van der Waals surface area contributed by atoms with Gasteiger partial charge in [0.25, 0.3) is 5.91 Å². The topological polar surface area (TPSA) is 47.6 Å². The molecule has 1 aromatic rings. The van der Waals surface area contributed by atoms with Crippen LogP contribution < -0.4 is 5.32 Å². The summed E-state index contributed by atoms with van der Waals surface area (Å²) in [5.41, 5.74) is 3.82. The highest BCUT2D eigenvalue weighted by Gasteiger charge is 2.20. The second-order valence-electron chi connectivity index (χ2n) is 7.52. The van der Waals surface area contributed by atoms with E-state index in [0.29, 0.717) is 37.4 Å². The van der Waals surface area contributed by atoms with Crippen molar-refractivity contribution in [1.29, 1.82) is 0 Å². The number of allylic oxidation sites excluding steroid dienone is 1. The predicted octanol–water partition coefficient (Wildman–Crippen LogP) is 4.15. The smallest absolute Gasteiger partial charge is 0.250 e. The first kappa shape index (κ1) is 20.3. The second-order valence-corrected chi connectivity index (χ2v) is 7.52. The number of carbonyl (C=O) groups excluding carboxylic acids is 1. The Morgan fingerprint density at radius 2 is 2.04 bits per heavy atom. The minimum atomic E-state index is -0.231. The Bertz CT molecular complexity index is 819. The van der Waals surface area contributed by atoms with Gasteiger partial charge in [-0.25, -0.2) is 4.39 Å². The molecule has 1 saturated heterocycles. The Labute approximate surface area is 166 Å². The van der Waals surface area contributed by atoms with E-state index >= 15 is 0 Å². The van der Waals surface area contributed by atoms with Gasteiger partial charge in [-0.1, -0.05) is 18.7 Å². The maximum atomic E-state index is 14.0. The first-order valence-corrected chi connectivity index (χ1v) is 9.80. The maximum Gasteiger partial charge on any atom is 0.250 e. The number of rotatable bonds is 6. The van der Waals surface area contributed by atoms with Crippen molar-refractivity contribution in [2.45, 2.75) is 45.6 Å². The highest BCUT2D eigenvalue weighted by Crippen LogP contribution is 2.29. The Balaban J connectivity index is 1.79. The molecule has 0 unspecified atom stereocenters. The third kappa shape index (κ3) is 5.10. The molecule has 5 heteroatoms. The van der Waals surface area contributed by atoms with Crippen LogP contribution in [0.2, 0.25) is 0 Å². The molecule has 1 fully saturated rings. The fraction of sp³-hybridized carbons (Fsp3) is 0.435. The molecule has 2 aliphatic heterocycles. The molecule has 2 heterocycles. The zero-order valence-electron chi connectivity index (χ0n) is 16.6. The van der Waals surface area contributed by atoms with Gasteiger partial charge in [-0.3, -0.25) is 4.79 Å². The molecule has 0 aromatic heterocycles. The molecule has 28 heavy (non-hydrogen) atoms. The van der Waals surface area contributed by atoms with Gasteiger partial charge < -0.3 is 14.8 Å². The monoisotopic (exact) mass is 385 g/mol. The van der Waals surface area contributed by atoms with Gasteiger partial charge in [0, 0.05) is 37.7 Å². The molecule has 3 rings (SSSR count). The van der Waals surface area contributed by atoms with E-state index in [2.05, 4.69) is 11.9 Å². The van der Waals surface area contributed by atoms with Crippen LogP contribution in [-0.2, 0) is 20.7 Å². The zero-order valence-corrected chi connectivity index (χ0v) is 16.6. The number of hydrogen-bond donors (Lipinski definition) is 1. The lowest BCUT2D eigenvalue weighted by Crippen LogP contribution is -2.39. The van der Waals surface area contributed by atoms with Crippen molar-refractivity contribution in [1.82, 2.24) is 5.32 Å². The van der Waals surface area contributed by atoms with Crippen LogP contribution in [0.5, 0.6) is 0 Å². The number of hydrogen-bond acceptors (Lipinski definition) is 3. The number of benzene rings is 1. The van der Waals surface area contributed by atoms with E-state index in [9.17, 15) is 9.18 Å². The third-order valence-corrected chi connectivity index (χ3v) is 5.23. The molecular formula is C23H28FNO3. The summed E-state index contributed by atoms with van der Waals surface area (Å²) in [6.07, 6.45) is 4.73. The summed E-state index contributed by atoms with van der Waals surface area (Å²) in [5.74, 6) is 0.378. The predicted molar refractivity (Wildman–Crippen MR) is 107 cm³/mol. The first-order chi connectivity index (χ1) is 13.4. The fourth-order valence-corrected chi connectivity index (χ4v) is 3.47. The van der Waals surface area contributed by atoms with Gasteiger partial charge in [-0.15, -0.1) is 0 Å². The first-order valence-electron chi connectivity index (χ1n) is 9.80. The molecule has 0 atom stereocenters. The molecule has 150 valence electrons. The SMILES string of the molecule is C=C(/C=C(/Cc1ccc(C)c(F)c1)C1=C(C)CCO1)C(=O)NC1CCOCC1. The Morgan fingerprint density at radius 1 is 1.29 bits per heavy atom. The molecule has 0 spiro atoms. The number of carbonyl (C=O) groups is 1. The number of ether oxygens (including phenoxy) is 2. The summed E-state index contributed by atoms with van der Waals surface area (Å²) in [6, 6.07) is 5.33. The molecule has 0 bridgehead atoms. The molecule has 1 aromatic carbocycles. The van der Waals surface area contributed by atoms with Crippen LogP contribution in [0, 0.1) is 12.7 Å². The number of aryl methyl sites for hydroxylation is 1. The van der Waals surface area contributed by atoms with E-state index in [1.165, 1.54) is 0 Å². The molecule has 0 aliphatic carbocycles. The Hall–Kier alpha value is -2.40. The van der Waals surface area contributed by atoms with Crippen LogP contribution in [-0.4, -0.2) is 31.8 Å². The van der Waals surface area contributed by atoms with Crippen molar-refractivity contribution < 1.29 is 18.7 Å². The average Bonchev–Trinajstić information content (AvgIpc) is 3.10. The summed E-state index contributed by atoms with van der Waals surface area (Å²) in [7, 11) is 0. The minimum Gasteiger partial charge on any atom is -0.493 e. The van der Waals surface area contributed by atoms with Crippen LogP contribution in [0.25, 0.3) is 0 Å². The summed E-state index contributed by atoms with van der Waals surface area (Å²) in [4.78, 5) is 12.6. The number of nitrogens with one attached hydrogen (secondary N) is 1. The number of halogens is 1. The largest absolute Gasteiger partial charge is 0.493 e. The molecule has 1 amide bonds. The molecule has 1 N–H and O–H groups in total. The van der Waals surface area contributed by atoms with Gasteiger partial charge in [0.15, 0.2) is 0 Å². The van der Waals surface area contributed by atoms with Crippen LogP contribution in [0.15, 0.2) is 53.3 Å². The van der Waals surface area contributed by atoms with E-state index in [4.69, 9.17) is 9.47 Å². The maximum absolute atomic E-state index is 14.0. The normalized spacial score (nSPS) is 18.2. The van der Waals surface area contributed by atoms with Crippen molar-refractivity contribution in [3.05, 3.63) is 70.3 Å². The standard InChI is InChI=1S/C23H28FNO3/c1-15-4-5-18(14-21(15)24)13-19(22-16(2)6-11-28-22)12-17(3)23(26)25-20-7-9-27-10-8-20/h4-5,12,14,20H,3,6-11,13H2,1-2H3,(H,25,26)/b19-12-.